The molecule has 2 rings (SSSR count). The predicted molar refractivity (Wildman–Crippen MR) is 62.6 cm³/mol. The van der Waals surface area contributed by atoms with Gasteiger partial charge < -0.3 is 5.32 Å². The first kappa shape index (κ1) is 12.1. The molecule has 1 aliphatic heterocycles. The van der Waals surface area contributed by atoms with E-state index < -0.39 is 23.4 Å². The highest BCUT2D eigenvalue weighted by molar-refractivity contribution is 8.26. The Bertz CT molecular complexity index is 557. The number of carbonyl (C=O) groups excluding carboxylic acids is 1. The van der Waals surface area contributed by atoms with Gasteiger partial charge in [0.1, 0.15) is 4.32 Å². The zero-order valence-corrected chi connectivity index (χ0v) is 9.72. The van der Waals surface area contributed by atoms with Crippen molar-refractivity contribution >= 4 is 40.3 Å². The summed E-state index contributed by atoms with van der Waals surface area (Å²) < 4.78 is 39.1. The third kappa shape index (κ3) is 2.34. The normalized spacial score (nSPS) is 17.7. The molecule has 1 saturated heterocycles. The molecule has 1 fully saturated rings. The zero-order chi connectivity index (χ0) is 12.6. The smallest absolute Gasteiger partial charge is 0.263 e. The van der Waals surface area contributed by atoms with Crippen LogP contribution in [0.4, 0.5) is 13.2 Å². The predicted octanol–water partition coefficient (Wildman–Crippen LogP) is 2.59. The average molecular weight is 275 g/mol. The molecular weight excluding hydrogens is 271 g/mol. The number of thioether (sulfide) groups is 1. The molecule has 0 bridgehead atoms. The number of carbonyl (C=O) groups is 1. The minimum absolute atomic E-state index is 0.139. The molecule has 0 saturated carbocycles. The number of hydrogen-bond acceptors (Lipinski definition) is 3. The van der Waals surface area contributed by atoms with Crippen LogP contribution in [0.25, 0.3) is 6.08 Å². The molecule has 7 heteroatoms. The van der Waals surface area contributed by atoms with Crippen LogP contribution in [0.5, 0.6) is 0 Å². The molecular formula is C10H4F3NOS2. The van der Waals surface area contributed by atoms with Gasteiger partial charge in [0.05, 0.1) is 4.91 Å². The summed E-state index contributed by atoms with van der Waals surface area (Å²) in [7, 11) is 0. The van der Waals surface area contributed by atoms with Gasteiger partial charge in [-0.1, -0.05) is 24.0 Å². The fraction of sp³-hybridized carbons (Fsp3) is 0. The second-order valence-corrected chi connectivity index (χ2v) is 4.84. The molecule has 1 heterocycles. The van der Waals surface area contributed by atoms with Crippen molar-refractivity contribution in [2.75, 3.05) is 0 Å². The summed E-state index contributed by atoms with van der Waals surface area (Å²) in [6.07, 6.45) is 1.12. The van der Waals surface area contributed by atoms with Gasteiger partial charge in [0.25, 0.3) is 5.91 Å². The molecule has 0 unspecified atom stereocenters. The van der Waals surface area contributed by atoms with Gasteiger partial charge in [-0.15, -0.1) is 0 Å². The number of halogens is 3. The van der Waals surface area contributed by atoms with Crippen LogP contribution in [0.15, 0.2) is 17.0 Å². The molecule has 0 spiro atoms. The summed E-state index contributed by atoms with van der Waals surface area (Å²) in [5, 5.41) is 2.33. The molecule has 1 aliphatic rings. The number of benzene rings is 1. The van der Waals surface area contributed by atoms with Gasteiger partial charge in [-0.2, -0.15) is 0 Å². The zero-order valence-electron chi connectivity index (χ0n) is 8.09. The summed E-state index contributed by atoms with van der Waals surface area (Å²) in [5.41, 5.74) is -0.203. The summed E-state index contributed by atoms with van der Waals surface area (Å²) in [4.78, 5) is 11.4. The topological polar surface area (TPSA) is 29.1 Å². The second-order valence-electron chi connectivity index (χ2n) is 3.12. The van der Waals surface area contributed by atoms with Crippen LogP contribution in [0.1, 0.15) is 5.56 Å². The Morgan fingerprint density at radius 3 is 2.53 bits per heavy atom. The van der Waals surface area contributed by atoms with Crippen LogP contribution in [0.3, 0.4) is 0 Å². The van der Waals surface area contributed by atoms with Crippen molar-refractivity contribution in [1.29, 1.82) is 0 Å². The second kappa shape index (κ2) is 4.50. The van der Waals surface area contributed by atoms with Gasteiger partial charge in [-0.05, 0) is 18.2 Å². The molecule has 17 heavy (non-hydrogen) atoms. The fourth-order valence-corrected chi connectivity index (χ4v) is 2.25. The van der Waals surface area contributed by atoms with Gasteiger partial charge >= 0.3 is 0 Å². The maximum atomic E-state index is 13.3. The minimum Gasteiger partial charge on any atom is -0.307 e. The molecule has 0 aliphatic carbocycles. The van der Waals surface area contributed by atoms with E-state index >= 15 is 0 Å². The lowest BCUT2D eigenvalue weighted by Gasteiger charge is -2.00. The highest BCUT2D eigenvalue weighted by Gasteiger charge is 2.23. The number of nitrogens with one attached hydrogen (secondary N) is 1. The van der Waals surface area contributed by atoms with E-state index in [1.807, 2.05) is 0 Å². The maximum Gasteiger partial charge on any atom is 0.263 e. The molecule has 1 N–H and O–H groups in total. The third-order valence-electron chi connectivity index (χ3n) is 1.99. The molecule has 2 nitrogen and oxygen atoms in total. The summed E-state index contributed by atoms with van der Waals surface area (Å²) in [5.74, 6) is -4.65. The van der Waals surface area contributed by atoms with Crippen molar-refractivity contribution in [2.45, 2.75) is 0 Å². The quantitative estimate of drug-likeness (QED) is 0.485. The van der Waals surface area contributed by atoms with Gasteiger partial charge in [0, 0.05) is 5.56 Å². The van der Waals surface area contributed by atoms with Crippen LogP contribution in [-0.4, -0.2) is 10.2 Å². The van der Waals surface area contributed by atoms with Crippen molar-refractivity contribution in [2.24, 2.45) is 0 Å². The van der Waals surface area contributed by atoms with Gasteiger partial charge in [-0.3, -0.25) is 4.79 Å². The van der Waals surface area contributed by atoms with Crippen molar-refractivity contribution in [3.63, 3.8) is 0 Å². The molecule has 1 aromatic carbocycles. The molecule has 1 amide bonds. The largest absolute Gasteiger partial charge is 0.307 e. The first-order valence-corrected chi connectivity index (χ1v) is 5.60. The van der Waals surface area contributed by atoms with E-state index in [0.29, 0.717) is 0 Å². The Labute approximate surface area is 104 Å². The highest BCUT2D eigenvalue weighted by Crippen LogP contribution is 2.27. The van der Waals surface area contributed by atoms with E-state index in [9.17, 15) is 18.0 Å². The van der Waals surface area contributed by atoms with E-state index in [2.05, 4.69) is 5.32 Å². The van der Waals surface area contributed by atoms with E-state index in [-0.39, 0.29) is 14.8 Å². The highest BCUT2D eigenvalue weighted by atomic mass is 32.2. The van der Waals surface area contributed by atoms with Crippen molar-refractivity contribution < 1.29 is 18.0 Å². The van der Waals surface area contributed by atoms with E-state index in [1.165, 1.54) is 0 Å². The Morgan fingerprint density at radius 2 is 1.94 bits per heavy atom. The van der Waals surface area contributed by atoms with Crippen LogP contribution in [0, 0.1) is 17.5 Å². The van der Waals surface area contributed by atoms with E-state index in [0.717, 1.165) is 30.0 Å². The van der Waals surface area contributed by atoms with Gasteiger partial charge in [0.2, 0.25) is 0 Å². The molecule has 0 atom stereocenters. The van der Waals surface area contributed by atoms with Gasteiger partial charge in [-0.25, -0.2) is 13.2 Å². The number of hydrogen-bond donors (Lipinski definition) is 1. The van der Waals surface area contributed by atoms with Crippen LogP contribution in [-0.2, 0) is 4.79 Å². The Morgan fingerprint density at radius 1 is 1.24 bits per heavy atom. The number of rotatable bonds is 1. The molecule has 0 aromatic heterocycles. The maximum absolute atomic E-state index is 13.3. The lowest BCUT2D eigenvalue weighted by molar-refractivity contribution is -0.115. The Balaban J connectivity index is 2.43. The summed E-state index contributed by atoms with van der Waals surface area (Å²) in [6, 6.07) is 1.84. The lowest BCUT2D eigenvalue weighted by Crippen LogP contribution is -2.17. The fourth-order valence-electron chi connectivity index (χ4n) is 1.21. The van der Waals surface area contributed by atoms with E-state index in [4.69, 9.17) is 12.2 Å². The average Bonchev–Trinajstić information content (AvgIpc) is 2.58. The first-order valence-electron chi connectivity index (χ1n) is 4.37. The van der Waals surface area contributed by atoms with Gasteiger partial charge in [0.15, 0.2) is 17.5 Å². The molecule has 88 valence electrons. The van der Waals surface area contributed by atoms with Crippen LogP contribution in [0.2, 0.25) is 0 Å². The van der Waals surface area contributed by atoms with E-state index in [1.54, 1.807) is 0 Å². The number of amides is 1. The third-order valence-corrected chi connectivity index (χ3v) is 3.16. The van der Waals surface area contributed by atoms with Crippen LogP contribution < -0.4 is 5.32 Å². The molecule has 1 aromatic rings. The van der Waals surface area contributed by atoms with Crippen molar-refractivity contribution in [1.82, 2.24) is 5.32 Å². The lowest BCUT2D eigenvalue weighted by atomic mass is 10.2. The monoisotopic (exact) mass is 275 g/mol. The number of thiocarbonyl (C=S) groups is 1. The minimum atomic E-state index is -1.56. The first-order chi connectivity index (χ1) is 7.99. The SMILES string of the molecule is O=C1NC(=S)S/C1=C\c1ccc(F)c(F)c1F. The Kier molecular flexibility index (Phi) is 3.21. The van der Waals surface area contributed by atoms with Crippen LogP contribution >= 0.6 is 24.0 Å². The summed E-state index contributed by atoms with van der Waals surface area (Å²) >= 11 is 5.67. The van der Waals surface area contributed by atoms with Crippen molar-refractivity contribution in [3.05, 3.63) is 40.1 Å². The Hall–Kier alpha value is -1.34. The van der Waals surface area contributed by atoms with Crippen molar-refractivity contribution in [3.8, 4) is 0 Å². The molecule has 0 radical (unpaired) electrons. The summed E-state index contributed by atoms with van der Waals surface area (Å²) in [6.45, 7) is 0. The standard InChI is InChI=1S/C10H4F3NOS2/c11-5-2-1-4(7(12)8(5)13)3-6-9(15)14-10(16)17-6/h1-3H,(H,14,15,16)/b6-3-.